The van der Waals surface area contributed by atoms with Crippen LogP contribution < -0.4 is 10.2 Å². The third kappa shape index (κ3) is 3.14. The fraction of sp³-hybridized carbons (Fsp3) is 0.571. The Hall–Kier alpha value is -0.730. The molecular formula is C14H21ClN2. The summed E-state index contributed by atoms with van der Waals surface area (Å²) in [7, 11) is 0. The summed E-state index contributed by atoms with van der Waals surface area (Å²) in [5.41, 5.74) is 2.45. The smallest absolute Gasteiger partial charge is 0.0642 e. The summed E-state index contributed by atoms with van der Waals surface area (Å²) in [6.45, 7) is 8.56. The lowest BCUT2D eigenvalue weighted by Gasteiger charge is -2.20. The van der Waals surface area contributed by atoms with E-state index in [2.05, 4.69) is 42.3 Å². The normalized spacial score (nSPS) is 19.9. The maximum Gasteiger partial charge on any atom is 0.0642 e. The van der Waals surface area contributed by atoms with Crippen molar-refractivity contribution in [2.75, 3.05) is 24.5 Å². The Morgan fingerprint density at radius 1 is 1.47 bits per heavy atom. The summed E-state index contributed by atoms with van der Waals surface area (Å²) >= 11 is 6.37. The molecule has 0 amide bonds. The molecule has 2 rings (SSSR count). The summed E-state index contributed by atoms with van der Waals surface area (Å²) in [5.74, 6) is 0.785. The maximum absolute atomic E-state index is 6.37. The molecule has 0 spiro atoms. The van der Waals surface area contributed by atoms with E-state index in [0.717, 1.165) is 37.1 Å². The number of hydrogen-bond acceptors (Lipinski definition) is 2. The van der Waals surface area contributed by atoms with Crippen molar-refractivity contribution in [2.45, 2.75) is 26.8 Å². The number of rotatable bonds is 4. The zero-order valence-corrected chi connectivity index (χ0v) is 11.4. The van der Waals surface area contributed by atoms with Crippen molar-refractivity contribution in [3.8, 4) is 0 Å². The van der Waals surface area contributed by atoms with E-state index in [1.165, 1.54) is 17.7 Å². The van der Waals surface area contributed by atoms with E-state index in [-0.39, 0.29) is 0 Å². The molecule has 17 heavy (non-hydrogen) atoms. The van der Waals surface area contributed by atoms with Crippen LogP contribution in [0, 0.1) is 5.92 Å². The van der Waals surface area contributed by atoms with E-state index < -0.39 is 0 Å². The van der Waals surface area contributed by atoms with Crippen molar-refractivity contribution in [3.05, 3.63) is 28.8 Å². The molecule has 3 heteroatoms. The van der Waals surface area contributed by atoms with Gasteiger partial charge in [-0.05, 0) is 36.6 Å². The van der Waals surface area contributed by atoms with E-state index >= 15 is 0 Å². The van der Waals surface area contributed by atoms with Crippen LogP contribution in [-0.4, -0.2) is 19.6 Å². The highest BCUT2D eigenvalue weighted by molar-refractivity contribution is 6.33. The highest BCUT2D eigenvalue weighted by Crippen LogP contribution is 2.31. The largest absolute Gasteiger partial charge is 0.370 e. The van der Waals surface area contributed by atoms with Gasteiger partial charge in [-0.2, -0.15) is 0 Å². The predicted octanol–water partition coefficient (Wildman–Crippen LogP) is 3.30. The molecule has 0 radical (unpaired) electrons. The molecule has 0 aromatic heterocycles. The Labute approximate surface area is 109 Å². The standard InChI is InChI=1S/C14H21ClN2/c1-3-16-9-12-4-5-14(13(15)8-12)17-7-6-11(2)10-17/h4-5,8,11,16H,3,6-7,9-10H2,1-2H3. The van der Waals surface area contributed by atoms with Crippen molar-refractivity contribution < 1.29 is 0 Å². The lowest BCUT2D eigenvalue weighted by molar-refractivity contribution is 0.659. The Kier molecular flexibility index (Phi) is 4.30. The van der Waals surface area contributed by atoms with Gasteiger partial charge in [0.05, 0.1) is 10.7 Å². The van der Waals surface area contributed by atoms with Crippen LogP contribution >= 0.6 is 11.6 Å². The Bertz CT molecular complexity index is 378. The fourth-order valence-electron chi connectivity index (χ4n) is 2.34. The van der Waals surface area contributed by atoms with Crippen LogP contribution in [0.15, 0.2) is 18.2 Å². The Balaban J connectivity index is 2.08. The molecule has 1 heterocycles. The zero-order chi connectivity index (χ0) is 12.3. The third-order valence-corrected chi connectivity index (χ3v) is 3.66. The molecule has 2 nitrogen and oxygen atoms in total. The maximum atomic E-state index is 6.37. The second-order valence-electron chi connectivity index (χ2n) is 4.91. The minimum atomic E-state index is 0.785. The van der Waals surface area contributed by atoms with E-state index in [1.54, 1.807) is 0 Å². The summed E-state index contributed by atoms with van der Waals surface area (Å²) in [6.07, 6.45) is 1.27. The quantitative estimate of drug-likeness (QED) is 0.885. The number of benzene rings is 1. The van der Waals surface area contributed by atoms with Gasteiger partial charge in [0.2, 0.25) is 0 Å². The fourth-order valence-corrected chi connectivity index (χ4v) is 2.66. The van der Waals surface area contributed by atoms with Gasteiger partial charge >= 0.3 is 0 Å². The highest BCUT2D eigenvalue weighted by atomic mass is 35.5. The number of nitrogens with zero attached hydrogens (tertiary/aromatic N) is 1. The summed E-state index contributed by atoms with van der Waals surface area (Å²) < 4.78 is 0. The SMILES string of the molecule is CCNCc1ccc(N2CCC(C)C2)c(Cl)c1. The average molecular weight is 253 g/mol. The first-order valence-electron chi connectivity index (χ1n) is 6.44. The second-order valence-corrected chi connectivity index (χ2v) is 5.31. The van der Waals surface area contributed by atoms with Gasteiger partial charge in [0.25, 0.3) is 0 Å². The van der Waals surface area contributed by atoms with Gasteiger partial charge in [0.15, 0.2) is 0 Å². The van der Waals surface area contributed by atoms with Gasteiger partial charge in [-0.15, -0.1) is 0 Å². The molecule has 1 unspecified atom stereocenters. The minimum absolute atomic E-state index is 0.785. The zero-order valence-electron chi connectivity index (χ0n) is 10.7. The van der Waals surface area contributed by atoms with Gasteiger partial charge in [0, 0.05) is 19.6 Å². The molecule has 1 aromatic rings. The van der Waals surface area contributed by atoms with E-state index in [0.29, 0.717) is 0 Å². The van der Waals surface area contributed by atoms with Crippen LogP contribution in [0.3, 0.4) is 0 Å². The monoisotopic (exact) mass is 252 g/mol. The van der Waals surface area contributed by atoms with Gasteiger partial charge < -0.3 is 10.2 Å². The van der Waals surface area contributed by atoms with Gasteiger partial charge in [0.1, 0.15) is 0 Å². The third-order valence-electron chi connectivity index (χ3n) is 3.36. The number of anilines is 1. The highest BCUT2D eigenvalue weighted by Gasteiger charge is 2.20. The molecule has 1 aliphatic rings. The lowest BCUT2D eigenvalue weighted by atomic mass is 10.1. The van der Waals surface area contributed by atoms with Crippen LogP contribution in [0.1, 0.15) is 25.8 Å². The predicted molar refractivity (Wildman–Crippen MR) is 74.8 cm³/mol. The van der Waals surface area contributed by atoms with Crippen LogP contribution in [0.25, 0.3) is 0 Å². The Morgan fingerprint density at radius 2 is 2.29 bits per heavy atom. The molecule has 0 aliphatic carbocycles. The van der Waals surface area contributed by atoms with Crippen molar-refractivity contribution in [2.24, 2.45) is 5.92 Å². The van der Waals surface area contributed by atoms with E-state index in [9.17, 15) is 0 Å². The first-order chi connectivity index (χ1) is 8.20. The van der Waals surface area contributed by atoms with Crippen LogP contribution in [0.4, 0.5) is 5.69 Å². The summed E-state index contributed by atoms with van der Waals surface area (Å²) in [4.78, 5) is 2.39. The first-order valence-corrected chi connectivity index (χ1v) is 6.82. The second kappa shape index (κ2) is 5.74. The molecule has 1 aliphatic heterocycles. The summed E-state index contributed by atoms with van der Waals surface area (Å²) in [6, 6.07) is 6.42. The summed E-state index contributed by atoms with van der Waals surface area (Å²) in [5, 5.41) is 4.20. The molecule has 1 aromatic carbocycles. The molecule has 0 bridgehead atoms. The van der Waals surface area contributed by atoms with Crippen LogP contribution in [0.2, 0.25) is 5.02 Å². The topological polar surface area (TPSA) is 15.3 Å². The molecular weight excluding hydrogens is 232 g/mol. The molecule has 1 atom stereocenters. The van der Waals surface area contributed by atoms with Crippen LogP contribution in [0.5, 0.6) is 0 Å². The molecule has 1 fully saturated rings. The van der Waals surface area contributed by atoms with Crippen molar-refractivity contribution in [3.63, 3.8) is 0 Å². The van der Waals surface area contributed by atoms with Gasteiger partial charge in [-0.1, -0.05) is 31.5 Å². The van der Waals surface area contributed by atoms with Crippen molar-refractivity contribution >= 4 is 17.3 Å². The van der Waals surface area contributed by atoms with Gasteiger partial charge in [-0.25, -0.2) is 0 Å². The van der Waals surface area contributed by atoms with Crippen molar-refractivity contribution in [1.29, 1.82) is 0 Å². The minimum Gasteiger partial charge on any atom is -0.370 e. The number of halogens is 1. The van der Waals surface area contributed by atoms with E-state index in [1.807, 2.05) is 0 Å². The first kappa shape index (κ1) is 12.7. The Morgan fingerprint density at radius 3 is 2.88 bits per heavy atom. The molecule has 1 N–H and O–H groups in total. The van der Waals surface area contributed by atoms with Gasteiger partial charge in [-0.3, -0.25) is 0 Å². The average Bonchev–Trinajstić information content (AvgIpc) is 2.73. The lowest BCUT2D eigenvalue weighted by Crippen LogP contribution is -2.19. The van der Waals surface area contributed by atoms with Crippen LogP contribution in [-0.2, 0) is 6.54 Å². The number of hydrogen-bond donors (Lipinski definition) is 1. The van der Waals surface area contributed by atoms with Crippen molar-refractivity contribution in [1.82, 2.24) is 5.32 Å². The number of nitrogens with one attached hydrogen (secondary N) is 1. The molecule has 0 saturated carbocycles. The van der Waals surface area contributed by atoms with E-state index in [4.69, 9.17) is 11.6 Å². The molecule has 1 saturated heterocycles. The molecule has 94 valence electrons.